The number of amides is 1. The van der Waals surface area contributed by atoms with Crippen molar-refractivity contribution in [3.63, 3.8) is 0 Å². The van der Waals surface area contributed by atoms with Crippen molar-refractivity contribution in [1.82, 2.24) is 4.90 Å². The van der Waals surface area contributed by atoms with Crippen LogP contribution in [0.2, 0.25) is 0 Å². The Hall–Kier alpha value is -0.770. The molecule has 0 aliphatic carbocycles. The van der Waals surface area contributed by atoms with E-state index in [1.165, 1.54) is 0 Å². The quantitative estimate of drug-likeness (QED) is 0.753. The molecule has 1 unspecified atom stereocenters. The van der Waals surface area contributed by atoms with Gasteiger partial charge in [-0.2, -0.15) is 0 Å². The van der Waals surface area contributed by atoms with Crippen LogP contribution < -0.4 is 5.73 Å². The molecule has 1 saturated heterocycles. The van der Waals surface area contributed by atoms with Crippen LogP contribution in [0.25, 0.3) is 0 Å². The minimum Gasteiger partial charge on any atom is -0.449 e. The maximum atomic E-state index is 11.4. The molecular weight excluding hydrogens is 192 g/mol. The highest BCUT2D eigenvalue weighted by Gasteiger charge is 2.26. The minimum atomic E-state index is -0.163. The highest BCUT2D eigenvalue weighted by molar-refractivity contribution is 5.68. The van der Waals surface area contributed by atoms with Crippen LogP contribution in [0.15, 0.2) is 0 Å². The van der Waals surface area contributed by atoms with Crippen molar-refractivity contribution in [1.29, 1.82) is 0 Å². The van der Waals surface area contributed by atoms with Gasteiger partial charge in [-0.3, -0.25) is 0 Å². The first-order valence-corrected chi connectivity index (χ1v) is 5.75. The molecule has 0 bridgehead atoms. The Morgan fingerprint density at radius 1 is 1.60 bits per heavy atom. The number of rotatable bonds is 5. The van der Waals surface area contributed by atoms with E-state index in [1.807, 2.05) is 4.90 Å². The fourth-order valence-corrected chi connectivity index (χ4v) is 1.73. The van der Waals surface area contributed by atoms with Gasteiger partial charge in [-0.15, -0.1) is 0 Å². The number of carbonyl (C=O) groups excluding carboxylic acids is 1. The highest BCUT2D eigenvalue weighted by Crippen LogP contribution is 2.15. The summed E-state index contributed by atoms with van der Waals surface area (Å²) in [5.74, 6) is 1.03. The predicted octanol–water partition coefficient (Wildman–Crippen LogP) is 1.45. The third kappa shape index (κ3) is 4.08. The number of cyclic esters (lactones) is 1. The summed E-state index contributed by atoms with van der Waals surface area (Å²) < 4.78 is 5.12. The normalized spacial score (nSPS) is 22.0. The molecule has 0 aromatic rings. The topological polar surface area (TPSA) is 55.6 Å². The molecule has 88 valence electrons. The van der Waals surface area contributed by atoms with Gasteiger partial charge in [0.2, 0.25) is 0 Å². The zero-order valence-electron chi connectivity index (χ0n) is 9.74. The van der Waals surface area contributed by atoms with Crippen molar-refractivity contribution in [2.75, 3.05) is 26.2 Å². The highest BCUT2D eigenvalue weighted by atomic mass is 16.6. The van der Waals surface area contributed by atoms with Crippen LogP contribution in [0, 0.1) is 11.8 Å². The lowest BCUT2D eigenvalue weighted by atomic mass is 10.0. The number of hydrogen-bond donors (Lipinski definition) is 1. The monoisotopic (exact) mass is 214 g/mol. The molecule has 1 aliphatic rings. The Labute approximate surface area is 91.8 Å². The molecule has 0 radical (unpaired) electrons. The van der Waals surface area contributed by atoms with E-state index in [0.29, 0.717) is 25.0 Å². The van der Waals surface area contributed by atoms with E-state index in [2.05, 4.69) is 13.8 Å². The summed E-state index contributed by atoms with van der Waals surface area (Å²) in [6.45, 7) is 7.13. The summed E-state index contributed by atoms with van der Waals surface area (Å²) in [6.07, 6.45) is 1.81. The third-order valence-electron chi connectivity index (χ3n) is 2.73. The Morgan fingerprint density at radius 3 is 2.93 bits per heavy atom. The van der Waals surface area contributed by atoms with Crippen molar-refractivity contribution in [2.45, 2.75) is 26.7 Å². The summed E-state index contributed by atoms with van der Waals surface area (Å²) >= 11 is 0. The number of carbonyl (C=O) groups is 1. The molecule has 2 N–H and O–H groups in total. The lowest BCUT2D eigenvalue weighted by Crippen LogP contribution is -2.44. The first kappa shape index (κ1) is 12.3. The molecule has 1 fully saturated rings. The fraction of sp³-hybridized carbons (Fsp3) is 0.909. The molecule has 1 heterocycles. The van der Waals surface area contributed by atoms with E-state index in [1.54, 1.807) is 0 Å². The second-order valence-electron chi connectivity index (χ2n) is 4.65. The van der Waals surface area contributed by atoms with Crippen LogP contribution >= 0.6 is 0 Å². The van der Waals surface area contributed by atoms with E-state index in [9.17, 15) is 4.79 Å². The van der Waals surface area contributed by atoms with E-state index < -0.39 is 0 Å². The summed E-state index contributed by atoms with van der Waals surface area (Å²) in [5, 5.41) is 0. The van der Waals surface area contributed by atoms with Gasteiger partial charge in [-0.05, 0) is 25.3 Å². The summed E-state index contributed by atoms with van der Waals surface area (Å²) in [7, 11) is 0. The largest absolute Gasteiger partial charge is 0.449 e. The molecule has 15 heavy (non-hydrogen) atoms. The molecule has 0 spiro atoms. The van der Waals surface area contributed by atoms with Gasteiger partial charge in [0.1, 0.15) is 0 Å². The molecule has 1 amide bonds. The molecule has 4 nitrogen and oxygen atoms in total. The van der Waals surface area contributed by atoms with Crippen LogP contribution in [0.5, 0.6) is 0 Å². The second kappa shape index (κ2) is 5.95. The van der Waals surface area contributed by atoms with E-state index >= 15 is 0 Å². The SMILES string of the molecule is CC(C)CCN1CC(CCN)COC1=O. The summed E-state index contributed by atoms with van der Waals surface area (Å²) in [5.41, 5.74) is 5.50. The number of hydrogen-bond acceptors (Lipinski definition) is 3. The van der Waals surface area contributed by atoms with Crippen LogP contribution in [-0.2, 0) is 4.74 Å². The van der Waals surface area contributed by atoms with Crippen LogP contribution in [0.3, 0.4) is 0 Å². The lowest BCUT2D eigenvalue weighted by molar-refractivity contribution is 0.0399. The molecular formula is C11H22N2O2. The van der Waals surface area contributed by atoms with Crippen molar-refractivity contribution in [2.24, 2.45) is 17.6 Å². The van der Waals surface area contributed by atoms with Gasteiger partial charge in [0.05, 0.1) is 6.61 Å². The van der Waals surface area contributed by atoms with Gasteiger partial charge in [0, 0.05) is 19.0 Å². The van der Waals surface area contributed by atoms with Gasteiger partial charge in [0.25, 0.3) is 0 Å². The van der Waals surface area contributed by atoms with E-state index in [0.717, 1.165) is 25.9 Å². The van der Waals surface area contributed by atoms with Crippen molar-refractivity contribution in [3.05, 3.63) is 0 Å². The molecule has 4 heteroatoms. The maximum Gasteiger partial charge on any atom is 0.409 e. The number of nitrogens with two attached hydrogens (primary N) is 1. The number of ether oxygens (including phenoxy) is 1. The Balaban J connectivity index is 2.36. The average molecular weight is 214 g/mol. The van der Waals surface area contributed by atoms with Gasteiger partial charge in [-0.1, -0.05) is 13.8 Å². The second-order valence-corrected chi connectivity index (χ2v) is 4.65. The molecule has 1 aliphatic heterocycles. The molecule has 0 saturated carbocycles. The van der Waals surface area contributed by atoms with Crippen molar-refractivity contribution < 1.29 is 9.53 Å². The van der Waals surface area contributed by atoms with Gasteiger partial charge in [-0.25, -0.2) is 4.79 Å². The minimum absolute atomic E-state index is 0.163. The van der Waals surface area contributed by atoms with E-state index in [4.69, 9.17) is 10.5 Å². The molecule has 0 aromatic heterocycles. The van der Waals surface area contributed by atoms with Gasteiger partial charge >= 0.3 is 6.09 Å². The van der Waals surface area contributed by atoms with E-state index in [-0.39, 0.29) is 6.09 Å². The zero-order chi connectivity index (χ0) is 11.3. The molecule has 1 rings (SSSR count). The Kier molecular flexibility index (Phi) is 4.88. The van der Waals surface area contributed by atoms with Gasteiger partial charge in [0.15, 0.2) is 0 Å². The maximum absolute atomic E-state index is 11.4. The third-order valence-corrected chi connectivity index (χ3v) is 2.73. The smallest absolute Gasteiger partial charge is 0.409 e. The molecule has 0 aromatic carbocycles. The molecule has 1 atom stereocenters. The van der Waals surface area contributed by atoms with Crippen molar-refractivity contribution >= 4 is 6.09 Å². The predicted molar refractivity (Wildman–Crippen MR) is 59.5 cm³/mol. The lowest BCUT2D eigenvalue weighted by Gasteiger charge is -2.32. The van der Waals surface area contributed by atoms with Crippen LogP contribution in [0.1, 0.15) is 26.7 Å². The van der Waals surface area contributed by atoms with Crippen molar-refractivity contribution in [3.8, 4) is 0 Å². The van der Waals surface area contributed by atoms with Crippen LogP contribution in [-0.4, -0.2) is 37.2 Å². The first-order valence-electron chi connectivity index (χ1n) is 5.75. The average Bonchev–Trinajstić information content (AvgIpc) is 2.19. The summed E-state index contributed by atoms with van der Waals surface area (Å²) in [6, 6.07) is 0. The van der Waals surface area contributed by atoms with Crippen LogP contribution in [0.4, 0.5) is 4.79 Å². The zero-order valence-corrected chi connectivity index (χ0v) is 9.74. The Bertz CT molecular complexity index is 207. The Morgan fingerprint density at radius 2 is 2.33 bits per heavy atom. The first-order chi connectivity index (χ1) is 7.13. The standard InChI is InChI=1S/C11H22N2O2/c1-9(2)4-6-13-7-10(3-5-12)8-15-11(13)14/h9-10H,3-8,12H2,1-2H3. The summed E-state index contributed by atoms with van der Waals surface area (Å²) in [4.78, 5) is 13.2. The number of nitrogens with zero attached hydrogens (tertiary/aromatic N) is 1. The van der Waals surface area contributed by atoms with Gasteiger partial charge < -0.3 is 15.4 Å². The fourth-order valence-electron chi connectivity index (χ4n) is 1.73.